The van der Waals surface area contributed by atoms with E-state index in [9.17, 15) is 0 Å². The van der Waals surface area contributed by atoms with Gasteiger partial charge in [-0.2, -0.15) is 0 Å². The minimum atomic E-state index is 0.134. The summed E-state index contributed by atoms with van der Waals surface area (Å²) in [6.07, 6.45) is 6.50. The third-order valence-electron chi connectivity index (χ3n) is 3.90. The van der Waals surface area contributed by atoms with E-state index in [4.69, 9.17) is 10.5 Å². The van der Waals surface area contributed by atoms with E-state index in [1.54, 1.807) is 0 Å². The van der Waals surface area contributed by atoms with Gasteiger partial charge in [-0.05, 0) is 39.7 Å². The molecule has 16 heavy (non-hydrogen) atoms. The van der Waals surface area contributed by atoms with Gasteiger partial charge in [-0.3, -0.25) is 4.90 Å². The summed E-state index contributed by atoms with van der Waals surface area (Å²) in [6, 6.07) is 0. The van der Waals surface area contributed by atoms with Crippen LogP contribution in [0.2, 0.25) is 0 Å². The molecule has 0 aromatic carbocycles. The molecule has 3 nitrogen and oxygen atoms in total. The number of hydrogen-bond donors (Lipinski definition) is 1. The Labute approximate surface area is 100 Å². The van der Waals surface area contributed by atoms with E-state index in [0.717, 1.165) is 26.1 Å². The zero-order valence-electron chi connectivity index (χ0n) is 11.2. The van der Waals surface area contributed by atoms with Crippen LogP contribution in [0.15, 0.2) is 0 Å². The highest BCUT2D eigenvalue weighted by molar-refractivity contribution is 4.86. The standard InChI is InChI=1S/C13H28N2O/c1-4-8-13(2,11-14)15(3)10-12-7-5-6-9-16-12/h12H,4-11,14H2,1-3H3. The monoisotopic (exact) mass is 228 g/mol. The second-order valence-corrected chi connectivity index (χ2v) is 5.32. The molecule has 1 rings (SSSR count). The predicted molar refractivity (Wildman–Crippen MR) is 68.6 cm³/mol. The lowest BCUT2D eigenvalue weighted by atomic mass is 9.93. The second kappa shape index (κ2) is 6.58. The van der Waals surface area contributed by atoms with Crippen LogP contribution in [0.3, 0.4) is 0 Å². The van der Waals surface area contributed by atoms with Crippen molar-refractivity contribution in [3.05, 3.63) is 0 Å². The molecule has 1 fully saturated rings. The van der Waals surface area contributed by atoms with Gasteiger partial charge in [0.1, 0.15) is 0 Å². The Hall–Kier alpha value is -0.120. The highest BCUT2D eigenvalue weighted by Gasteiger charge is 2.29. The van der Waals surface area contributed by atoms with Gasteiger partial charge >= 0.3 is 0 Å². The zero-order valence-corrected chi connectivity index (χ0v) is 11.2. The first-order valence-electron chi connectivity index (χ1n) is 6.65. The summed E-state index contributed by atoms with van der Waals surface area (Å²) < 4.78 is 5.78. The van der Waals surface area contributed by atoms with Crippen LogP contribution in [0.4, 0.5) is 0 Å². The third-order valence-corrected chi connectivity index (χ3v) is 3.90. The number of nitrogens with zero attached hydrogens (tertiary/aromatic N) is 1. The van der Waals surface area contributed by atoms with Crippen LogP contribution in [0.5, 0.6) is 0 Å². The van der Waals surface area contributed by atoms with Crippen molar-refractivity contribution in [1.29, 1.82) is 0 Å². The fraction of sp³-hybridized carbons (Fsp3) is 1.00. The number of ether oxygens (including phenoxy) is 1. The molecular formula is C13H28N2O. The van der Waals surface area contributed by atoms with Gasteiger partial charge in [-0.25, -0.2) is 0 Å². The van der Waals surface area contributed by atoms with Gasteiger partial charge in [-0.1, -0.05) is 13.3 Å². The van der Waals surface area contributed by atoms with E-state index < -0.39 is 0 Å². The Morgan fingerprint density at radius 2 is 2.19 bits per heavy atom. The van der Waals surface area contributed by atoms with Crippen LogP contribution >= 0.6 is 0 Å². The minimum absolute atomic E-state index is 0.134. The predicted octanol–water partition coefficient (Wildman–Crippen LogP) is 2.00. The van der Waals surface area contributed by atoms with Crippen molar-refractivity contribution in [2.24, 2.45) is 5.73 Å². The van der Waals surface area contributed by atoms with Gasteiger partial charge in [0.15, 0.2) is 0 Å². The van der Waals surface area contributed by atoms with Crippen LogP contribution in [0.25, 0.3) is 0 Å². The highest BCUT2D eigenvalue weighted by Crippen LogP contribution is 2.21. The molecule has 3 heteroatoms. The van der Waals surface area contributed by atoms with E-state index in [1.807, 2.05) is 0 Å². The molecule has 0 bridgehead atoms. The summed E-state index contributed by atoms with van der Waals surface area (Å²) in [5, 5.41) is 0. The molecule has 1 aliphatic rings. The average Bonchev–Trinajstić information content (AvgIpc) is 2.30. The van der Waals surface area contributed by atoms with Crippen molar-refractivity contribution in [3.63, 3.8) is 0 Å². The van der Waals surface area contributed by atoms with Crippen LogP contribution in [0.1, 0.15) is 46.0 Å². The first-order chi connectivity index (χ1) is 7.62. The topological polar surface area (TPSA) is 38.5 Å². The van der Waals surface area contributed by atoms with Gasteiger partial charge in [0.25, 0.3) is 0 Å². The first-order valence-corrected chi connectivity index (χ1v) is 6.65. The fourth-order valence-corrected chi connectivity index (χ4v) is 2.46. The Balaban J connectivity index is 2.44. The summed E-state index contributed by atoms with van der Waals surface area (Å²) >= 11 is 0. The van der Waals surface area contributed by atoms with Gasteiger partial charge in [0.05, 0.1) is 6.10 Å². The van der Waals surface area contributed by atoms with E-state index in [1.165, 1.54) is 25.7 Å². The molecule has 1 saturated heterocycles. The van der Waals surface area contributed by atoms with Crippen molar-refractivity contribution in [3.8, 4) is 0 Å². The Kier molecular flexibility index (Phi) is 5.73. The second-order valence-electron chi connectivity index (χ2n) is 5.32. The lowest BCUT2D eigenvalue weighted by Gasteiger charge is -2.40. The molecular weight excluding hydrogens is 200 g/mol. The molecule has 2 atom stereocenters. The fourth-order valence-electron chi connectivity index (χ4n) is 2.46. The molecule has 0 amide bonds. The van der Waals surface area contributed by atoms with Crippen molar-refractivity contribution in [2.45, 2.75) is 57.6 Å². The molecule has 0 aliphatic carbocycles. The summed E-state index contributed by atoms with van der Waals surface area (Å²) in [6.45, 7) is 7.17. The largest absolute Gasteiger partial charge is 0.377 e. The molecule has 2 unspecified atom stereocenters. The Morgan fingerprint density at radius 1 is 1.44 bits per heavy atom. The number of rotatable bonds is 6. The van der Waals surface area contributed by atoms with Crippen LogP contribution < -0.4 is 5.73 Å². The highest BCUT2D eigenvalue weighted by atomic mass is 16.5. The molecule has 0 radical (unpaired) electrons. The van der Waals surface area contributed by atoms with Crippen LogP contribution in [0, 0.1) is 0 Å². The zero-order chi connectivity index (χ0) is 12.0. The smallest absolute Gasteiger partial charge is 0.0702 e. The maximum Gasteiger partial charge on any atom is 0.0702 e. The molecule has 0 spiro atoms. The van der Waals surface area contributed by atoms with Gasteiger partial charge in [0.2, 0.25) is 0 Å². The lowest BCUT2D eigenvalue weighted by Crippen LogP contribution is -2.52. The molecule has 1 heterocycles. The minimum Gasteiger partial charge on any atom is -0.377 e. The normalized spacial score (nSPS) is 25.7. The Bertz CT molecular complexity index is 192. The quantitative estimate of drug-likeness (QED) is 0.756. The van der Waals surface area contributed by atoms with Crippen molar-refractivity contribution in [1.82, 2.24) is 4.90 Å². The van der Waals surface area contributed by atoms with E-state index >= 15 is 0 Å². The third kappa shape index (κ3) is 3.72. The number of hydrogen-bond acceptors (Lipinski definition) is 3. The van der Waals surface area contributed by atoms with E-state index in [2.05, 4.69) is 25.8 Å². The maximum atomic E-state index is 5.92. The summed E-state index contributed by atoms with van der Waals surface area (Å²) in [5.74, 6) is 0. The molecule has 0 aromatic heterocycles. The maximum absolute atomic E-state index is 5.92. The SMILES string of the molecule is CCCC(C)(CN)N(C)CC1CCCCO1. The molecule has 96 valence electrons. The first kappa shape index (κ1) is 13.9. The number of nitrogens with two attached hydrogens (primary N) is 1. The molecule has 0 saturated carbocycles. The van der Waals surface area contributed by atoms with Gasteiger partial charge in [-0.15, -0.1) is 0 Å². The van der Waals surface area contributed by atoms with E-state index in [-0.39, 0.29) is 5.54 Å². The van der Waals surface area contributed by atoms with Gasteiger partial charge in [0, 0.05) is 25.2 Å². The van der Waals surface area contributed by atoms with Crippen LogP contribution in [-0.4, -0.2) is 43.3 Å². The van der Waals surface area contributed by atoms with Crippen molar-refractivity contribution < 1.29 is 4.74 Å². The summed E-state index contributed by atoms with van der Waals surface area (Å²) in [7, 11) is 2.18. The average molecular weight is 228 g/mol. The molecule has 0 aromatic rings. The van der Waals surface area contributed by atoms with Crippen molar-refractivity contribution >= 4 is 0 Å². The summed E-state index contributed by atoms with van der Waals surface area (Å²) in [4.78, 5) is 2.40. The van der Waals surface area contributed by atoms with Crippen molar-refractivity contribution in [2.75, 3.05) is 26.7 Å². The van der Waals surface area contributed by atoms with Crippen LogP contribution in [-0.2, 0) is 4.74 Å². The number of likely N-dealkylation sites (N-methyl/N-ethyl adjacent to an activating group) is 1. The summed E-state index contributed by atoms with van der Waals surface area (Å²) in [5.41, 5.74) is 6.05. The molecule has 2 N–H and O–H groups in total. The van der Waals surface area contributed by atoms with Gasteiger partial charge < -0.3 is 10.5 Å². The van der Waals surface area contributed by atoms with E-state index in [0.29, 0.717) is 6.10 Å². The molecule has 1 aliphatic heterocycles. The lowest BCUT2D eigenvalue weighted by molar-refractivity contribution is -0.0211. The Morgan fingerprint density at radius 3 is 2.69 bits per heavy atom.